The molecule has 4 heteroatoms. The lowest BCUT2D eigenvalue weighted by molar-refractivity contribution is 0.414. The number of thiophene rings is 1. The number of hydrogen-bond acceptors (Lipinski definition) is 2. The molecule has 1 nitrogen and oxygen atoms in total. The third kappa shape index (κ3) is 3.31. The van der Waals surface area contributed by atoms with E-state index in [1.807, 2.05) is 11.3 Å². The molecule has 2 rings (SSSR count). The van der Waals surface area contributed by atoms with Gasteiger partial charge in [-0.3, -0.25) is 0 Å². The van der Waals surface area contributed by atoms with Gasteiger partial charge in [0.1, 0.15) is 0 Å². The Morgan fingerprint density at radius 3 is 2.62 bits per heavy atom. The van der Waals surface area contributed by atoms with Gasteiger partial charge in [-0.1, -0.05) is 0 Å². The lowest BCUT2D eigenvalue weighted by Crippen LogP contribution is -2.37. The number of rotatable bonds is 3. The van der Waals surface area contributed by atoms with Gasteiger partial charge < -0.3 is 5.32 Å². The second-order valence-electron chi connectivity index (χ2n) is 5.50. The van der Waals surface area contributed by atoms with Gasteiger partial charge >= 0.3 is 0 Å². The Hall–Kier alpha value is 0.620. The SMILES string of the molecule is CC(C)(C)NCC1CC1c1cc(Br)c(Br)s1. The van der Waals surface area contributed by atoms with Crippen LogP contribution in [0.4, 0.5) is 0 Å². The molecule has 0 amide bonds. The van der Waals surface area contributed by atoms with Gasteiger partial charge in [0.2, 0.25) is 0 Å². The van der Waals surface area contributed by atoms with E-state index in [4.69, 9.17) is 0 Å². The van der Waals surface area contributed by atoms with E-state index in [1.54, 1.807) is 0 Å². The molecule has 0 spiro atoms. The van der Waals surface area contributed by atoms with Crippen molar-refractivity contribution >= 4 is 43.2 Å². The first-order chi connectivity index (χ1) is 7.37. The molecule has 1 saturated carbocycles. The molecule has 1 aromatic rings. The molecule has 1 aliphatic rings. The molecule has 1 aromatic heterocycles. The van der Waals surface area contributed by atoms with E-state index in [-0.39, 0.29) is 5.54 Å². The largest absolute Gasteiger partial charge is 0.312 e. The molecule has 0 radical (unpaired) electrons. The third-order valence-corrected chi connectivity index (χ3v) is 6.23. The molecule has 90 valence electrons. The van der Waals surface area contributed by atoms with Crippen LogP contribution in [0.25, 0.3) is 0 Å². The summed E-state index contributed by atoms with van der Waals surface area (Å²) in [6.45, 7) is 7.81. The Morgan fingerprint density at radius 1 is 1.44 bits per heavy atom. The molecule has 2 unspecified atom stereocenters. The van der Waals surface area contributed by atoms with Crippen molar-refractivity contribution < 1.29 is 0 Å². The van der Waals surface area contributed by atoms with E-state index in [9.17, 15) is 0 Å². The monoisotopic (exact) mass is 365 g/mol. The van der Waals surface area contributed by atoms with Crippen molar-refractivity contribution in [2.24, 2.45) is 5.92 Å². The van der Waals surface area contributed by atoms with Crippen LogP contribution in [0.1, 0.15) is 38.0 Å². The summed E-state index contributed by atoms with van der Waals surface area (Å²) < 4.78 is 2.42. The summed E-state index contributed by atoms with van der Waals surface area (Å²) in [6.07, 6.45) is 1.34. The predicted octanol–water partition coefficient (Wildman–Crippen LogP) is 4.76. The highest BCUT2D eigenvalue weighted by atomic mass is 79.9. The molecule has 0 bridgehead atoms. The zero-order valence-corrected chi connectivity index (χ0v) is 13.8. The van der Waals surface area contributed by atoms with E-state index in [0.717, 1.165) is 18.4 Å². The highest BCUT2D eigenvalue weighted by molar-refractivity contribution is 9.13. The summed E-state index contributed by atoms with van der Waals surface area (Å²) in [5.41, 5.74) is 0.240. The minimum atomic E-state index is 0.240. The zero-order valence-electron chi connectivity index (χ0n) is 9.81. The highest BCUT2D eigenvalue weighted by Gasteiger charge is 2.39. The van der Waals surface area contributed by atoms with Gasteiger partial charge in [0.05, 0.1) is 3.79 Å². The quantitative estimate of drug-likeness (QED) is 0.812. The van der Waals surface area contributed by atoms with Crippen LogP contribution in [-0.2, 0) is 0 Å². The van der Waals surface area contributed by atoms with Crippen LogP contribution in [-0.4, -0.2) is 12.1 Å². The Bertz CT molecular complexity index is 361. The smallest absolute Gasteiger partial charge is 0.0843 e. The van der Waals surface area contributed by atoms with Crippen LogP contribution < -0.4 is 5.32 Å². The van der Waals surface area contributed by atoms with Gasteiger partial charge in [-0.2, -0.15) is 0 Å². The van der Waals surface area contributed by atoms with Crippen LogP contribution in [0.5, 0.6) is 0 Å². The van der Waals surface area contributed by atoms with Crippen molar-refractivity contribution in [1.29, 1.82) is 0 Å². The summed E-state index contributed by atoms with van der Waals surface area (Å²) in [6, 6.07) is 2.26. The van der Waals surface area contributed by atoms with Crippen molar-refractivity contribution in [2.75, 3.05) is 6.54 Å². The number of hydrogen-bond donors (Lipinski definition) is 1. The van der Waals surface area contributed by atoms with Gasteiger partial charge in [0, 0.05) is 14.9 Å². The minimum Gasteiger partial charge on any atom is -0.312 e. The fourth-order valence-electron chi connectivity index (χ4n) is 1.80. The van der Waals surface area contributed by atoms with Crippen molar-refractivity contribution in [1.82, 2.24) is 5.32 Å². The second-order valence-corrected chi connectivity index (χ2v) is 8.76. The minimum absolute atomic E-state index is 0.240. The summed E-state index contributed by atoms with van der Waals surface area (Å²) in [5, 5.41) is 3.59. The van der Waals surface area contributed by atoms with Crippen molar-refractivity contribution in [3.63, 3.8) is 0 Å². The first-order valence-electron chi connectivity index (χ1n) is 5.56. The Labute approximate surface area is 118 Å². The zero-order chi connectivity index (χ0) is 11.9. The van der Waals surface area contributed by atoms with Crippen LogP contribution in [0.2, 0.25) is 0 Å². The average Bonchev–Trinajstić information content (AvgIpc) is 2.85. The van der Waals surface area contributed by atoms with Crippen molar-refractivity contribution in [3.05, 3.63) is 19.2 Å². The molecule has 0 aliphatic heterocycles. The molecule has 16 heavy (non-hydrogen) atoms. The molecule has 1 heterocycles. The summed E-state index contributed by atoms with van der Waals surface area (Å²) in [4.78, 5) is 1.51. The molecule has 0 aromatic carbocycles. The fourth-order valence-corrected chi connectivity index (χ4v) is 4.10. The van der Waals surface area contributed by atoms with Gasteiger partial charge in [-0.25, -0.2) is 0 Å². The maximum Gasteiger partial charge on any atom is 0.0843 e. The number of halogens is 2. The highest BCUT2D eigenvalue weighted by Crippen LogP contribution is 2.51. The Morgan fingerprint density at radius 2 is 2.12 bits per heavy atom. The van der Waals surface area contributed by atoms with E-state index in [2.05, 4.69) is 64.0 Å². The Kier molecular flexibility index (Phi) is 3.85. The first kappa shape index (κ1) is 13.1. The van der Waals surface area contributed by atoms with E-state index >= 15 is 0 Å². The van der Waals surface area contributed by atoms with Gasteiger partial charge in [-0.05, 0) is 83.5 Å². The van der Waals surface area contributed by atoms with E-state index in [0.29, 0.717) is 0 Å². The third-order valence-electron chi connectivity index (χ3n) is 2.85. The molecular formula is C12H17Br2NS. The van der Waals surface area contributed by atoms with Crippen LogP contribution in [0, 0.1) is 5.92 Å². The lowest BCUT2D eigenvalue weighted by Gasteiger charge is -2.20. The molecule has 1 aliphatic carbocycles. The maximum absolute atomic E-state index is 3.59. The number of nitrogens with one attached hydrogen (secondary N) is 1. The topological polar surface area (TPSA) is 12.0 Å². The van der Waals surface area contributed by atoms with Crippen LogP contribution >= 0.6 is 43.2 Å². The summed E-state index contributed by atoms with van der Waals surface area (Å²) >= 11 is 8.97. The molecule has 0 saturated heterocycles. The lowest BCUT2D eigenvalue weighted by atomic mass is 10.1. The van der Waals surface area contributed by atoms with Crippen LogP contribution in [0.3, 0.4) is 0 Å². The Balaban J connectivity index is 1.87. The fraction of sp³-hybridized carbons (Fsp3) is 0.667. The van der Waals surface area contributed by atoms with Gasteiger partial charge in [0.25, 0.3) is 0 Å². The van der Waals surface area contributed by atoms with E-state index in [1.165, 1.54) is 19.6 Å². The molecule has 1 N–H and O–H groups in total. The average molecular weight is 367 g/mol. The predicted molar refractivity (Wildman–Crippen MR) is 78.3 cm³/mol. The molecule has 2 atom stereocenters. The second kappa shape index (κ2) is 4.71. The molecular weight excluding hydrogens is 350 g/mol. The van der Waals surface area contributed by atoms with Crippen molar-refractivity contribution in [3.8, 4) is 0 Å². The van der Waals surface area contributed by atoms with Gasteiger partial charge in [-0.15, -0.1) is 11.3 Å². The summed E-state index contributed by atoms with van der Waals surface area (Å²) in [7, 11) is 0. The molecule has 1 fully saturated rings. The summed E-state index contributed by atoms with van der Waals surface area (Å²) in [5.74, 6) is 1.61. The van der Waals surface area contributed by atoms with E-state index < -0.39 is 0 Å². The normalized spacial score (nSPS) is 24.8. The van der Waals surface area contributed by atoms with Crippen molar-refractivity contribution in [2.45, 2.75) is 38.6 Å². The first-order valence-corrected chi connectivity index (χ1v) is 7.97. The maximum atomic E-state index is 3.59. The van der Waals surface area contributed by atoms with Gasteiger partial charge in [0.15, 0.2) is 0 Å². The van der Waals surface area contributed by atoms with Crippen LogP contribution in [0.15, 0.2) is 14.3 Å². The standard InChI is InChI=1S/C12H17Br2NS/c1-12(2,3)15-6-7-4-8(7)10-5-9(13)11(14)16-10/h5,7-8,15H,4,6H2,1-3H3.